The van der Waals surface area contributed by atoms with Crippen molar-refractivity contribution < 1.29 is 9.32 Å². The summed E-state index contributed by atoms with van der Waals surface area (Å²) in [6, 6.07) is 15.0. The van der Waals surface area contributed by atoms with Gasteiger partial charge in [0.2, 0.25) is 11.7 Å². The number of pyridine rings is 1. The first-order chi connectivity index (χ1) is 11.3. The van der Waals surface area contributed by atoms with Crippen molar-refractivity contribution in [3.63, 3.8) is 0 Å². The maximum Gasteiger partial charge on any atom is 0.272 e. The van der Waals surface area contributed by atoms with Gasteiger partial charge in [-0.1, -0.05) is 41.6 Å². The molecule has 23 heavy (non-hydrogen) atoms. The number of nitrogens with zero attached hydrogens (tertiary/aromatic N) is 4. The average Bonchev–Trinajstić information content (AvgIpc) is 3.05. The molecule has 1 fully saturated rings. The third kappa shape index (κ3) is 2.59. The maximum absolute atomic E-state index is 12.2. The van der Waals surface area contributed by atoms with Gasteiger partial charge in [0.05, 0.1) is 5.92 Å². The monoisotopic (exact) mass is 306 g/mol. The quantitative estimate of drug-likeness (QED) is 0.743. The fraction of sp³-hybridized carbons (Fsp3) is 0.176. The lowest BCUT2D eigenvalue weighted by molar-refractivity contribution is 0.0563. The van der Waals surface area contributed by atoms with E-state index in [0.717, 1.165) is 5.56 Å². The predicted octanol–water partition coefficient (Wildman–Crippen LogP) is 2.37. The average molecular weight is 306 g/mol. The van der Waals surface area contributed by atoms with E-state index in [1.54, 1.807) is 23.2 Å². The summed E-state index contributed by atoms with van der Waals surface area (Å²) in [5, 5.41) is 4.02. The molecule has 4 rings (SSSR count). The fourth-order valence-electron chi connectivity index (χ4n) is 2.56. The minimum Gasteiger partial charge on any atom is -0.339 e. The highest BCUT2D eigenvalue weighted by Crippen LogP contribution is 2.28. The number of carbonyl (C=O) groups is 1. The number of rotatable bonds is 3. The van der Waals surface area contributed by atoms with Crippen LogP contribution in [0.1, 0.15) is 22.3 Å². The summed E-state index contributed by atoms with van der Waals surface area (Å²) in [6.07, 6.45) is 1.62. The molecule has 0 saturated carbocycles. The van der Waals surface area contributed by atoms with Gasteiger partial charge in [0.25, 0.3) is 5.91 Å². The van der Waals surface area contributed by atoms with Crippen molar-refractivity contribution in [3.8, 4) is 11.4 Å². The number of likely N-dealkylation sites (tertiary alicyclic amines) is 1. The Hall–Kier alpha value is -3.02. The number of hydrogen-bond acceptors (Lipinski definition) is 5. The van der Waals surface area contributed by atoms with Crippen LogP contribution in [0, 0.1) is 0 Å². The highest BCUT2D eigenvalue weighted by atomic mass is 16.5. The first-order valence-electron chi connectivity index (χ1n) is 7.40. The highest BCUT2D eigenvalue weighted by Gasteiger charge is 2.36. The highest BCUT2D eigenvalue weighted by molar-refractivity contribution is 5.92. The molecule has 1 amide bonds. The van der Waals surface area contributed by atoms with E-state index >= 15 is 0 Å². The number of hydrogen-bond donors (Lipinski definition) is 0. The summed E-state index contributed by atoms with van der Waals surface area (Å²) in [4.78, 5) is 22.5. The van der Waals surface area contributed by atoms with Gasteiger partial charge in [-0.15, -0.1) is 0 Å². The van der Waals surface area contributed by atoms with Crippen LogP contribution in [0.25, 0.3) is 11.4 Å². The maximum atomic E-state index is 12.2. The lowest BCUT2D eigenvalue weighted by atomic mass is 9.99. The van der Waals surface area contributed by atoms with Gasteiger partial charge in [-0.2, -0.15) is 4.98 Å². The van der Waals surface area contributed by atoms with Crippen molar-refractivity contribution in [2.75, 3.05) is 13.1 Å². The van der Waals surface area contributed by atoms with Gasteiger partial charge in [0.1, 0.15) is 5.69 Å². The molecule has 3 heterocycles. The van der Waals surface area contributed by atoms with Crippen molar-refractivity contribution in [3.05, 3.63) is 66.3 Å². The Balaban J connectivity index is 1.43. The van der Waals surface area contributed by atoms with E-state index in [2.05, 4.69) is 15.1 Å². The Labute approximate surface area is 132 Å². The molecule has 1 aromatic carbocycles. The van der Waals surface area contributed by atoms with Gasteiger partial charge in [-0.25, -0.2) is 0 Å². The molecule has 114 valence electrons. The Morgan fingerprint density at radius 2 is 1.87 bits per heavy atom. The minimum atomic E-state index is -0.0651. The Morgan fingerprint density at radius 3 is 2.61 bits per heavy atom. The molecule has 1 aliphatic heterocycles. The first kappa shape index (κ1) is 13.6. The van der Waals surface area contributed by atoms with Gasteiger partial charge < -0.3 is 9.42 Å². The van der Waals surface area contributed by atoms with Gasteiger partial charge in [-0.05, 0) is 12.1 Å². The van der Waals surface area contributed by atoms with E-state index in [1.807, 2.05) is 36.4 Å². The fourth-order valence-corrected chi connectivity index (χ4v) is 2.56. The van der Waals surface area contributed by atoms with E-state index in [1.165, 1.54) is 0 Å². The standard InChI is InChI=1S/C17H14N4O2/c22-17(14-8-4-5-9-18-14)21-10-13(11-21)16-19-15(20-23-16)12-6-2-1-3-7-12/h1-9,13H,10-11H2. The van der Waals surface area contributed by atoms with Crippen LogP contribution in [0.4, 0.5) is 0 Å². The number of aromatic nitrogens is 3. The topological polar surface area (TPSA) is 72.1 Å². The van der Waals surface area contributed by atoms with Crippen LogP contribution < -0.4 is 0 Å². The van der Waals surface area contributed by atoms with E-state index in [9.17, 15) is 4.79 Å². The van der Waals surface area contributed by atoms with Crippen molar-refractivity contribution in [2.24, 2.45) is 0 Å². The van der Waals surface area contributed by atoms with Crippen LogP contribution in [0.3, 0.4) is 0 Å². The second kappa shape index (κ2) is 5.64. The molecule has 0 bridgehead atoms. The molecular formula is C17H14N4O2. The van der Waals surface area contributed by atoms with Gasteiger partial charge in [0.15, 0.2) is 0 Å². The summed E-state index contributed by atoms with van der Waals surface area (Å²) in [6.45, 7) is 1.15. The van der Waals surface area contributed by atoms with Crippen LogP contribution in [0.2, 0.25) is 0 Å². The molecule has 0 unspecified atom stereocenters. The summed E-state index contributed by atoms with van der Waals surface area (Å²) < 4.78 is 5.34. The molecule has 0 atom stereocenters. The Morgan fingerprint density at radius 1 is 1.09 bits per heavy atom. The van der Waals surface area contributed by atoms with Gasteiger partial charge in [0, 0.05) is 24.8 Å². The smallest absolute Gasteiger partial charge is 0.272 e. The van der Waals surface area contributed by atoms with Crippen molar-refractivity contribution in [1.29, 1.82) is 0 Å². The van der Waals surface area contributed by atoms with Crippen molar-refractivity contribution in [1.82, 2.24) is 20.0 Å². The van der Waals surface area contributed by atoms with Gasteiger partial charge in [-0.3, -0.25) is 9.78 Å². The molecule has 2 aromatic heterocycles. The zero-order valence-corrected chi connectivity index (χ0v) is 12.3. The lowest BCUT2D eigenvalue weighted by Gasteiger charge is -2.36. The number of carbonyl (C=O) groups excluding carboxylic acids is 1. The summed E-state index contributed by atoms with van der Waals surface area (Å²) in [5.41, 5.74) is 1.38. The van der Waals surface area contributed by atoms with E-state index < -0.39 is 0 Å². The predicted molar refractivity (Wildman–Crippen MR) is 82.6 cm³/mol. The van der Waals surface area contributed by atoms with Crippen molar-refractivity contribution >= 4 is 5.91 Å². The molecule has 3 aromatic rings. The Kier molecular flexibility index (Phi) is 3.34. The van der Waals surface area contributed by atoms with Gasteiger partial charge >= 0.3 is 0 Å². The molecule has 0 spiro atoms. The van der Waals surface area contributed by atoms with Crippen LogP contribution in [-0.2, 0) is 0 Å². The molecule has 0 radical (unpaired) electrons. The lowest BCUT2D eigenvalue weighted by Crippen LogP contribution is -2.48. The van der Waals surface area contributed by atoms with E-state index in [4.69, 9.17) is 4.52 Å². The molecule has 1 saturated heterocycles. The van der Waals surface area contributed by atoms with Crippen molar-refractivity contribution in [2.45, 2.75) is 5.92 Å². The summed E-state index contributed by atoms with van der Waals surface area (Å²) in [5.74, 6) is 1.18. The molecule has 0 N–H and O–H groups in total. The largest absolute Gasteiger partial charge is 0.339 e. The first-order valence-corrected chi connectivity index (χ1v) is 7.40. The van der Waals surface area contributed by atoms with Crippen LogP contribution in [0.5, 0.6) is 0 Å². The zero-order chi connectivity index (χ0) is 15.6. The summed E-state index contributed by atoms with van der Waals surface area (Å²) in [7, 11) is 0. The molecule has 1 aliphatic rings. The Bertz CT molecular complexity index is 811. The van der Waals surface area contributed by atoms with Crippen LogP contribution >= 0.6 is 0 Å². The van der Waals surface area contributed by atoms with E-state index in [0.29, 0.717) is 30.5 Å². The molecule has 0 aliphatic carbocycles. The third-order valence-electron chi connectivity index (χ3n) is 3.88. The van der Waals surface area contributed by atoms with E-state index in [-0.39, 0.29) is 11.8 Å². The number of benzene rings is 1. The second-order valence-electron chi connectivity index (χ2n) is 5.44. The van der Waals surface area contributed by atoms with Crippen LogP contribution in [-0.4, -0.2) is 39.0 Å². The second-order valence-corrected chi connectivity index (χ2v) is 5.44. The molecule has 6 nitrogen and oxygen atoms in total. The van der Waals surface area contributed by atoms with Crippen LogP contribution in [0.15, 0.2) is 59.3 Å². The zero-order valence-electron chi connectivity index (χ0n) is 12.3. The molecular weight excluding hydrogens is 292 g/mol. The SMILES string of the molecule is O=C(c1ccccn1)N1CC(c2nc(-c3ccccc3)no2)C1. The summed E-state index contributed by atoms with van der Waals surface area (Å²) >= 11 is 0. The third-order valence-corrected chi connectivity index (χ3v) is 3.88. The normalized spacial score (nSPS) is 14.5. The molecule has 6 heteroatoms. The minimum absolute atomic E-state index is 0.0651. The number of amides is 1.